The molecule has 7 heteroatoms. The minimum absolute atomic E-state index is 0.0919. The Labute approximate surface area is 144 Å². The lowest BCUT2D eigenvalue weighted by Crippen LogP contribution is -2.24. The molecule has 0 amide bonds. The first kappa shape index (κ1) is 15.1. The SMILES string of the molecule is COc1ccc2nc(N3CCC(Oc4ncc(C)cn4)C3)sc2c1. The zero-order valence-electron chi connectivity index (χ0n) is 13.6. The molecule has 0 bridgehead atoms. The van der Waals surface area contributed by atoms with E-state index < -0.39 is 0 Å². The summed E-state index contributed by atoms with van der Waals surface area (Å²) >= 11 is 1.68. The number of nitrogens with zero attached hydrogens (tertiary/aromatic N) is 4. The van der Waals surface area contributed by atoms with Crippen LogP contribution in [0.5, 0.6) is 11.8 Å². The second kappa shape index (κ2) is 6.24. The maximum Gasteiger partial charge on any atom is 0.316 e. The van der Waals surface area contributed by atoms with Crippen molar-refractivity contribution in [3.63, 3.8) is 0 Å². The van der Waals surface area contributed by atoms with Crippen molar-refractivity contribution in [2.24, 2.45) is 0 Å². The number of benzene rings is 1. The first-order chi connectivity index (χ1) is 11.7. The third kappa shape index (κ3) is 2.99. The van der Waals surface area contributed by atoms with Crippen LogP contribution in [-0.2, 0) is 0 Å². The maximum atomic E-state index is 5.89. The van der Waals surface area contributed by atoms with Crippen molar-refractivity contribution < 1.29 is 9.47 Å². The summed E-state index contributed by atoms with van der Waals surface area (Å²) in [6, 6.07) is 6.41. The van der Waals surface area contributed by atoms with Gasteiger partial charge in [-0.05, 0) is 30.7 Å². The van der Waals surface area contributed by atoms with Crippen LogP contribution in [0.15, 0.2) is 30.6 Å². The summed E-state index contributed by atoms with van der Waals surface area (Å²) < 4.78 is 12.3. The molecular weight excluding hydrogens is 324 g/mol. The standard InChI is InChI=1S/C17H18N4O2S/c1-11-8-18-16(19-9-11)23-13-5-6-21(10-13)17-20-14-4-3-12(22-2)7-15(14)24-17/h3-4,7-9,13H,5-6,10H2,1-2H3. The fourth-order valence-corrected chi connectivity index (χ4v) is 3.77. The number of anilines is 1. The van der Waals surface area contributed by atoms with Gasteiger partial charge in [-0.25, -0.2) is 15.0 Å². The Morgan fingerprint density at radius 1 is 1.25 bits per heavy atom. The van der Waals surface area contributed by atoms with Gasteiger partial charge in [0, 0.05) is 25.4 Å². The van der Waals surface area contributed by atoms with Crippen LogP contribution >= 0.6 is 11.3 Å². The summed E-state index contributed by atoms with van der Waals surface area (Å²) in [4.78, 5) is 15.4. The number of aromatic nitrogens is 3. The van der Waals surface area contributed by atoms with Crippen LogP contribution in [0.3, 0.4) is 0 Å². The molecule has 1 saturated heterocycles. The Kier molecular flexibility index (Phi) is 3.93. The van der Waals surface area contributed by atoms with Gasteiger partial charge in [-0.15, -0.1) is 0 Å². The molecule has 0 radical (unpaired) electrons. The van der Waals surface area contributed by atoms with Crippen molar-refractivity contribution in [3.05, 3.63) is 36.2 Å². The monoisotopic (exact) mass is 342 g/mol. The summed E-state index contributed by atoms with van der Waals surface area (Å²) in [5.74, 6) is 0.858. The number of aryl methyl sites for hydroxylation is 1. The quantitative estimate of drug-likeness (QED) is 0.726. The number of hydrogen-bond acceptors (Lipinski definition) is 7. The fraction of sp³-hybridized carbons (Fsp3) is 0.353. The number of rotatable bonds is 4. The predicted molar refractivity (Wildman–Crippen MR) is 94.2 cm³/mol. The summed E-state index contributed by atoms with van der Waals surface area (Å²) in [6.07, 6.45) is 4.58. The van der Waals surface area contributed by atoms with E-state index in [-0.39, 0.29) is 6.10 Å². The third-order valence-corrected chi connectivity index (χ3v) is 5.11. The molecule has 3 heterocycles. The van der Waals surface area contributed by atoms with Crippen LogP contribution in [0.4, 0.5) is 5.13 Å². The van der Waals surface area contributed by atoms with Crippen LogP contribution < -0.4 is 14.4 Å². The van der Waals surface area contributed by atoms with Crippen LogP contribution in [-0.4, -0.2) is 41.3 Å². The van der Waals surface area contributed by atoms with E-state index in [1.807, 2.05) is 25.1 Å². The van der Waals surface area contributed by atoms with Crippen molar-refractivity contribution in [2.75, 3.05) is 25.1 Å². The van der Waals surface area contributed by atoms with E-state index in [0.29, 0.717) is 6.01 Å². The van der Waals surface area contributed by atoms with E-state index in [1.54, 1.807) is 30.8 Å². The molecule has 3 aromatic rings. The molecule has 1 aliphatic rings. The summed E-state index contributed by atoms with van der Waals surface area (Å²) in [6.45, 7) is 3.69. The second-order valence-electron chi connectivity index (χ2n) is 5.85. The molecule has 0 spiro atoms. The highest BCUT2D eigenvalue weighted by Crippen LogP contribution is 2.33. The Morgan fingerprint density at radius 2 is 2.08 bits per heavy atom. The van der Waals surface area contributed by atoms with Gasteiger partial charge in [0.15, 0.2) is 5.13 Å². The largest absolute Gasteiger partial charge is 0.497 e. The van der Waals surface area contributed by atoms with Gasteiger partial charge in [0.05, 0.1) is 23.9 Å². The number of methoxy groups -OCH3 is 1. The summed E-state index contributed by atoms with van der Waals surface area (Å²) in [7, 11) is 1.68. The Bertz CT molecular complexity index is 849. The molecule has 1 aliphatic heterocycles. The minimum atomic E-state index is 0.0919. The Balaban J connectivity index is 1.47. The molecule has 124 valence electrons. The van der Waals surface area contributed by atoms with Gasteiger partial charge in [-0.2, -0.15) is 0 Å². The summed E-state index contributed by atoms with van der Waals surface area (Å²) in [5, 5.41) is 1.02. The maximum absolute atomic E-state index is 5.89. The third-order valence-electron chi connectivity index (χ3n) is 4.03. The van der Waals surface area contributed by atoms with Crippen molar-refractivity contribution in [1.82, 2.24) is 15.0 Å². The van der Waals surface area contributed by atoms with Crippen molar-refractivity contribution in [2.45, 2.75) is 19.4 Å². The highest BCUT2D eigenvalue weighted by Gasteiger charge is 2.27. The minimum Gasteiger partial charge on any atom is -0.497 e. The number of thiazole rings is 1. The van der Waals surface area contributed by atoms with Gasteiger partial charge in [-0.1, -0.05) is 11.3 Å². The van der Waals surface area contributed by atoms with Crippen molar-refractivity contribution >= 4 is 26.7 Å². The van der Waals surface area contributed by atoms with E-state index >= 15 is 0 Å². The van der Waals surface area contributed by atoms with Crippen molar-refractivity contribution in [1.29, 1.82) is 0 Å². The Hall–Kier alpha value is -2.41. The molecule has 4 rings (SSSR count). The second-order valence-corrected chi connectivity index (χ2v) is 6.86. The Morgan fingerprint density at radius 3 is 2.88 bits per heavy atom. The number of hydrogen-bond donors (Lipinski definition) is 0. The van der Waals surface area contributed by atoms with E-state index in [9.17, 15) is 0 Å². The van der Waals surface area contributed by atoms with Gasteiger partial charge in [0.1, 0.15) is 11.9 Å². The van der Waals surface area contributed by atoms with Crippen LogP contribution in [0, 0.1) is 6.92 Å². The average Bonchev–Trinajstić information content (AvgIpc) is 3.22. The lowest BCUT2D eigenvalue weighted by Gasteiger charge is -2.15. The smallest absolute Gasteiger partial charge is 0.316 e. The lowest BCUT2D eigenvalue weighted by atomic mass is 10.3. The topological polar surface area (TPSA) is 60.4 Å². The fourth-order valence-electron chi connectivity index (χ4n) is 2.74. The van der Waals surface area contributed by atoms with Gasteiger partial charge in [-0.3, -0.25) is 0 Å². The molecule has 0 aliphatic carbocycles. The van der Waals surface area contributed by atoms with Crippen LogP contribution in [0.2, 0.25) is 0 Å². The molecule has 2 aromatic heterocycles. The first-order valence-corrected chi connectivity index (χ1v) is 8.68. The highest BCUT2D eigenvalue weighted by molar-refractivity contribution is 7.22. The van der Waals surface area contributed by atoms with Crippen LogP contribution in [0.25, 0.3) is 10.2 Å². The average molecular weight is 342 g/mol. The first-order valence-electron chi connectivity index (χ1n) is 7.86. The number of ether oxygens (including phenoxy) is 2. The van der Waals surface area contributed by atoms with Gasteiger partial charge in [0.25, 0.3) is 0 Å². The summed E-state index contributed by atoms with van der Waals surface area (Å²) in [5.41, 5.74) is 2.03. The van der Waals surface area contributed by atoms with Gasteiger partial charge in [0.2, 0.25) is 0 Å². The molecule has 1 aromatic carbocycles. The van der Waals surface area contributed by atoms with Gasteiger partial charge < -0.3 is 14.4 Å². The van der Waals surface area contributed by atoms with Gasteiger partial charge >= 0.3 is 6.01 Å². The molecule has 1 atom stereocenters. The van der Waals surface area contributed by atoms with E-state index in [2.05, 4.69) is 14.9 Å². The number of fused-ring (bicyclic) bond motifs is 1. The zero-order valence-corrected chi connectivity index (χ0v) is 14.4. The molecule has 1 unspecified atom stereocenters. The lowest BCUT2D eigenvalue weighted by molar-refractivity contribution is 0.206. The molecule has 6 nitrogen and oxygen atoms in total. The molecular formula is C17H18N4O2S. The molecule has 0 saturated carbocycles. The normalized spacial score (nSPS) is 17.4. The molecule has 1 fully saturated rings. The van der Waals surface area contributed by atoms with Crippen molar-refractivity contribution in [3.8, 4) is 11.8 Å². The van der Waals surface area contributed by atoms with E-state index in [4.69, 9.17) is 14.5 Å². The molecule has 24 heavy (non-hydrogen) atoms. The van der Waals surface area contributed by atoms with E-state index in [1.165, 1.54) is 0 Å². The zero-order chi connectivity index (χ0) is 16.5. The highest BCUT2D eigenvalue weighted by atomic mass is 32.1. The molecule has 0 N–H and O–H groups in total. The predicted octanol–water partition coefficient (Wildman–Crippen LogP) is 3.06. The van der Waals surface area contributed by atoms with E-state index in [0.717, 1.165) is 46.2 Å². The van der Waals surface area contributed by atoms with Crippen LogP contribution in [0.1, 0.15) is 12.0 Å².